The van der Waals surface area contributed by atoms with E-state index < -0.39 is 24.5 Å². The van der Waals surface area contributed by atoms with Gasteiger partial charge in [0, 0.05) is 44.1 Å². The molecule has 11 nitrogen and oxygen atoms in total. The number of carbonyl (C=O) groups excluding carboxylic acids is 1. The molecule has 0 aliphatic carbocycles. The van der Waals surface area contributed by atoms with Crippen molar-refractivity contribution in [3.05, 3.63) is 89.4 Å². The Morgan fingerprint density at radius 3 is 2.40 bits per heavy atom. The van der Waals surface area contributed by atoms with E-state index in [1.165, 1.54) is 31.9 Å². The van der Waals surface area contributed by atoms with Gasteiger partial charge in [0.05, 0.1) is 67.0 Å². The molecule has 0 saturated carbocycles. The quantitative estimate of drug-likeness (QED) is 0.210. The number of nitrogens with zero attached hydrogens (tertiary/aromatic N) is 8. The van der Waals surface area contributed by atoms with Crippen molar-refractivity contribution in [1.29, 1.82) is 0 Å². The third kappa shape index (κ3) is 6.86. The molecule has 3 aromatic heterocycles. The molecule has 0 unspecified atom stereocenters. The van der Waals surface area contributed by atoms with E-state index in [0.717, 1.165) is 17.8 Å². The van der Waals surface area contributed by atoms with Crippen LogP contribution in [-0.4, -0.2) is 70.3 Å². The van der Waals surface area contributed by atoms with E-state index in [1.807, 2.05) is 6.92 Å². The minimum atomic E-state index is -4.68. The number of hydrogen-bond acceptors (Lipinski definition) is 10. The van der Waals surface area contributed by atoms with Crippen LogP contribution < -0.4 is 19.4 Å². The fourth-order valence-corrected chi connectivity index (χ4v) is 6.19. The first kappa shape index (κ1) is 33.0. The Bertz CT molecular complexity index is 1720. The minimum absolute atomic E-state index is 0.0968. The third-order valence-corrected chi connectivity index (χ3v) is 8.54. The van der Waals surface area contributed by atoms with Gasteiger partial charge in [0.25, 0.3) is 5.91 Å². The first-order chi connectivity index (χ1) is 23.2. The first-order valence-corrected chi connectivity index (χ1v) is 15.5. The molecule has 2 atom stereocenters. The maximum atomic E-state index is 13.9. The molecule has 4 aromatic rings. The number of carbonyl (C=O) groups is 1. The maximum Gasteiger partial charge on any atom is 0.416 e. The molecule has 0 radical (unpaired) electrons. The van der Waals surface area contributed by atoms with Crippen LogP contribution in [-0.2, 0) is 24.1 Å². The summed E-state index contributed by atoms with van der Waals surface area (Å²) in [5.74, 6) is 0.196. The van der Waals surface area contributed by atoms with E-state index in [4.69, 9.17) is 14.5 Å². The summed E-state index contributed by atoms with van der Waals surface area (Å²) in [4.78, 5) is 41.6. The zero-order valence-corrected chi connectivity index (χ0v) is 26.4. The number of methoxy groups -OCH3 is 1. The average Bonchev–Trinajstić information content (AvgIpc) is 3.13. The fourth-order valence-electron chi connectivity index (χ4n) is 6.19. The van der Waals surface area contributed by atoms with Gasteiger partial charge in [0.15, 0.2) is 0 Å². The average molecular weight is 667 g/mol. The van der Waals surface area contributed by atoms with Gasteiger partial charge in [-0.1, -0.05) is 13.0 Å². The number of fused-ring (bicyclic) bond motifs is 1. The second-order valence-corrected chi connectivity index (χ2v) is 11.5. The fraction of sp³-hybridized carbons (Fsp3) is 0.394. The van der Waals surface area contributed by atoms with Crippen molar-refractivity contribution in [2.45, 2.75) is 51.2 Å². The van der Waals surface area contributed by atoms with Crippen LogP contribution in [0, 0.1) is 0 Å². The van der Waals surface area contributed by atoms with Gasteiger partial charge in [-0.2, -0.15) is 13.2 Å². The van der Waals surface area contributed by atoms with Gasteiger partial charge < -0.3 is 24.2 Å². The van der Waals surface area contributed by atoms with Crippen LogP contribution in [0.1, 0.15) is 58.5 Å². The number of alkyl halides is 4. The summed E-state index contributed by atoms with van der Waals surface area (Å²) in [6.07, 6.45) is 3.76. The van der Waals surface area contributed by atoms with Crippen LogP contribution in [0.2, 0.25) is 0 Å². The summed E-state index contributed by atoms with van der Waals surface area (Å²) >= 11 is 0. The molecule has 1 amide bonds. The second-order valence-electron chi connectivity index (χ2n) is 11.5. The smallest absolute Gasteiger partial charge is 0.416 e. The number of halogens is 4. The van der Waals surface area contributed by atoms with Crippen molar-refractivity contribution < 1.29 is 31.8 Å². The van der Waals surface area contributed by atoms with Crippen LogP contribution in [0.5, 0.6) is 5.88 Å². The number of aromatic nitrogens is 5. The Morgan fingerprint density at radius 1 is 1.04 bits per heavy atom. The van der Waals surface area contributed by atoms with Gasteiger partial charge in [-0.3, -0.25) is 4.79 Å². The minimum Gasteiger partial charge on any atom is -0.481 e. The molecule has 1 saturated heterocycles. The van der Waals surface area contributed by atoms with E-state index in [1.54, 1.807) is 34.3 Å². The lowest BCUT2D eigenvalue weighted by Crippen LogP contribution is -2.48. The van der Waals surface area contributed by atoms with Crippen molar-refractivity contribution in [3.8, 4) is 5.88 Å². The standard InChI is InChI=1S/C33H34F4N8O3/c1-3-25-13-28(30-27(4-5-29(42-30)47-2)45(25)31(46)23-15-38-20-39-16-23)44(19-22-10-21(14-34)11-24(12-22)33(35,36)37)32-40-17-26(18-41-32)43-6-8-48-9-7-43/h4-5,10-12,15-18,20,25,28H,3,6-9,13-14,19H2,1-2H3/t25-,28+/m1/s1. The van der Waals surface area contributed by atoms with Crippen LogP contribution in [0.4, 0.5) is 34.9 Å². The zero-order chi connectivity index (χ0) is 33.8. The highest BCUT2D eigenvalue weighted by Crippen LogP contribution is 2.44. The molecular formula is C33H34F4N8O3. The van der Waals surface area contributed by atoms with Gasteiger partial charge in [-0.15, -0.1) is 0 Å². The number of pyridine rings is 1. The number of morpholine rings is 1. The van der Waals surface area contributed by atoms with Crippen molar-refractivity contribution in [1.82, 2.24) is 24.9 Å². The lowest BCUT2D eigenvalue weighted by Gasteiger charge is -2.44. The van der Waals surface area contributed by atoms with Gasteiger partial charge >= 0.3 is 6.18 Å². The monoisotopic (exact) mass is 666 g/mol. The van der Waals surface area contributed by atoms with Gasteiger partial charge in [0.1, 0.15) is 13.0 Å². The van der Waals surface area contributed by atoms with Gasteiger partial charge in [-0.05, 0) is 42.2 Å². The lowest BCUT2D eigenvalue weighted by molar-refractivity contribution is -0.137. The van der Waals surface area contributed by atoms with Crippen molar-refractivity contribution in [2.24, 2.45) is 0 Å². The summed E-state index contributed by atoms with van der Waals surface area (Å²) in [6.45, 7) is 3.24. The van der Waals surface area contributed by atoms with E-state index >= 15 is 0 Å². The normalized spacial score (nSPS) is 18.0. The number of amides is 1. The predicted molar refractivity (Wildman–Crippen MR) is 169 cm³/mol. The number of hydrogen-bond donors (Lipinski definition) is 0. The molecule has 0 spiro atoms. The number of rotatable bonds is 9. The van der Waals surface area contributed by atoms with Crippen LogP contribution in [0.3, 0.4) is 0 Å². The summed E-state index contributed by atoms with van der Waals surface area (Å²) in [7, 11) is 1.47. The van der Waals surface area contributed by atoms with E-state index in [9.17, 15) is 22.4 Å². The Hall–Kier alpha value is -4.92. The van der Waals surface area contributed by atoms with Crippen LogP contribution in [0.25, 0.3) is 0 Å². The summed E-state index contributed by atoms with van der Waals surface area (Å²) in [5.41, 5.74) is 1.18. The largest absolute Gasteiger partial charge is 0.481 e. The molecular weight excluding hydrogens is 632 g/mol. The first-order valence-electron chi connectivity index (χ1n) is 15.5. The van der Waals surface area contributed by atoms with Gasteiger partial charge in [0.2, 0.25) is 11.8 Å². The molecule has 2 aliphatic heterocycles. The van der Waals surface area contributed by atoms with E-state index in [-0.39, 0.29) is 47.0 Å². The molecule has 6 rings (SSSR count). The van der Waals surface area contributed by atoms with Crippen molar-refractivity contribution in [3.63, 3.8) is 0 Å². The Morgan fingerprint density at radius 2 is 1.75 bits per heavy atom. The highest BCUT2D eigenvalue weighted by Gasteiger charge is 2.41. The lowest BCUT2D eigenvalue weighted by atomic mass is 9.91. The number of ether oxygens (including phenoxy) is 2. The second kappa shape index (κ2) is 14.1. The third-order valence-electron chi connectivity index (χ3n) is 8.54. The molecule has 0 N–H and O–H groups in total. The molecule has 1 fully saturated rings. The van der Waals surface area contributed by atoms with Crippen LogP contribution in [0.15, 0.2) is 61.4 Å². The van der Waals surface area contributed by atoms with Gasteiger partial charge in [-0.25, -0.2) is 29.3 Å². The van der Waals surface area contributed by atoms with Crippen molar-refractivity contribution >= 4 is 23.2 Å². The predicted octanol–water partition coefficient (Wildman–Crippen LogP) is 5.57. The molecule has 48 heavy (non-hydrogen) atoms. The topological polar surface area (TPSA) is 110 Å². The highest BCUT2D eigenvalue weighted by molar-refractivity contribution is 6.06. The molecule has 1 aromatic carbocycles. The zero-order valence-electron chi connectivity index (χ0n) is 26.4. The number of benzene rings is 1. The molecule has 252 valence electrons. The molecule has 15 heteroatoms. The summed E-state index contributed by atoms with van der Waals surface area (Å²) in [5, 5.41) is 0. The number of anilines is 3. The summed E-state index contributed by atoms with van der Waals surface area (Å²) < 4.78 is 66.5. The van der Waals surface area contributed by atoms with E-state index in [0.29, 0.717) is 50.5 Å². The van der Waals surface area contributed by atoms with Crippen LogP contribution >= 0.6 is 0 Å². The molecule has 5 heterocycles. The maximum absolute atomic E-state index is 13.9. The van der Waals surface area contributed by atoms with Crippen molar-refractivity contribution in [2.75, 3.05) is 48.1 Å². The van der Waals surface area contributed by atoms with E-state index in [2.05, 4.69) is 24.8 Å². The SMILES string of the molecule is CC[C@@H]1C[C@H](N(Cc2cc(CF)cc(C(F)(F)F)c2)c2ncc(N3CCOCC3)cn2)c2nc(OC)ccc2N1C(=O)c1cncnc1. The highest BCUT2D eigenvalue weighted by atomic mass is 19.4. The Labute approximate surface area is 274 Å². The Balaban J connectivity index is 1.47. The molecule has 2 aliphatic rings. The molecule has 0 bridgehead atoms. The Kier molecular flexibility index (Phi) is 9.66. The summed E-state index contributed by atoms with van der Waals surface area (Å²) in [6, 6.07) is 5.65.